The summed E-state index contributed by atoms with van der Waals surface area (Å²) < 4.78 is 18.1. The Morgan fingerprint density at radius 2 is 1.74 bits per heavy atom. The average Bonchev–Trinajstić information content (AvgIpc) is 2.65. The van der Waals surface area contributed by atoms with Crippen LogP contribution in [0.1, 0.15) is 11.1 Å². The van der Waals surface area contributed by atoms with E-state index >= 15 is 0 Å². The molecule has 0 bridgehead atoms. The number of carbonyl (C=O) groups excluding carboxylic acids is 2. The molecular formula is C19H18FN3O3S. The number of hydrogen-bond donors (Lipinski definition) is 3. The number of thiocarbonyl (C=S) groups is 1. The first-order chi connectivity index (χ1) is 12.9. The Balaban J connectivity index is 1.68. The van der Waals surface area contributed by atoms with Gasteiger partial charge in [0, 0.05) is 6.08 Å². The second kappa shape index (κ2) is 10.0. The molecule has 0 aliphatic heterocycles. The monoisotopic (exact) mass is 387 g/mol. The number of aryl methyl sites for hydroxylation is 1. The molecular weight excluding hydrogens is 369 g/mol. The van der Waals surface area contributed by atoms with Gasteiger partial charge in [0.15, 0.2) is 11.7 Å². The Morgan fingerprint density at radius 3 is 2.41 bits per heavy atom. The summed E-state index contributed by atoms with van der Waals surface area (Å²) in [4.78, 5) is 23.4. The molecule has 0 unspecified atom stereocenters. The fourth-order valence-corrected chi connectivity index (χ4v) is 2.03. The third kappa shape index (κ3) is 7.66. The highest BCUT2D eigenvalue weighted by atomic mass is 32.1. The molecule has 0 aromatic heterocycles. The molecule has 0 saturated carbocycles. The van der Waals surface area contributed by atoms with Gasteiger partial charge >= 0.3 is 0 Å². The Morgan fingerprint density at radius 1 is 1.07 bits per heavy atom. The third-order valence-electron chi connectivity index (χ3n) is 3.24. The highest BCUT2D eigenvalue weighted by molar-refractivity contribution is 7.80. The van der Waals surface area contributed by atoms with Gasteiger partial charge in [0.05, 0.1) is 0 Å². The number of nitrogens with one attached hydrogen (secondary N) is 3. The van der Waals surface area contributed by atoms with E-state index in [1.807, 2.05) is 19.1 Å². The number of hydrogen-bond acceptors (Lipinski definition) is 4. The zero-order chi connectivity index (χ0) is 19.6. The van der Waals surface area contributed by atoms with Crippen molar-refractivity contribution in [1.29, 1.82) is 0 Å². The highest BCUT2D eigenvalue weighted by Gasteiger charge is 2.05. The van der Waals surface area contributed by atoms with Crippen molar-refractivity contribution in [2.24, 2.45) is 0 Å². The number of halogens is 1. The molecule has 3 N–H and O–H groups in total. The molecule has 8 heteroatoms. The zero-order valence-corrected chi connectivity index (χ0v) is 15.3. The molecule has 2 aromatic rings. The highest BCUT2D eigenvalue weighted by Crippen LogP contribution is 2.10. The number of ether oxygens (including phenoxy) is 1. The first-order valence-electron chi connectivity index (χ1n) is 7.95. The third-order valence-corrected chi connectivity index (χ3v) is 3.44. The second-order valence-corrected chi connectivity index (χ2v) is 5.89. The van der Waals surface area contributed by atoms with E-state index in [-0.39, 0.29) is 17.5 Å². The van der Waals surface area contributed by atoms with Crippen LogP contribution in [0.3, 0.4) is 0 Å². The summed E-state index contributed by atoms with van der Waals surface area (Å²) in [5, 5.41) is 2.29. The van der Waals surface area contributed by atoms with Gasteiger partial charge < -0.3 is 4.74 Å². The van der Waals surface area contributed by atoms with E-state index in [0.29, 0.717) is 11.3 Å². The minimum Gasteiger partial charge on any atom is -0.484 e. The van der Waals surface area contributed by atoms with Gasteiger partial charge in [-0.2, -0.15) is 0 Å². The van der Waals surface area contributed by atoms with Crippen molar-refractivity contribution < 1.29 is 18.7 Å². The van der Waals surface area contributed by atoms with Gasteiger partial charge in [0.1, 0.15) is 11.6 Å². The van der Waals surface area contributed by atoms with Crippen molar-refractivity contribution in [3.8, 4) is 5.75 Å². The van der Waals surface area contributed by atoms with E-state index in [1.54, 1.807) is 12.1 Å². The van der Waals surface area contributed by atoms with Gasteiger partial charge in [0.25, 0.3) is 5.91 Å². The van der Waals surface area contributed by atoms with Gasteiger partial charge in [0.2, 0.25) is 5.91 Å². The molecule has 0 aliphatic rings. The molecule has 27 heavy (non-hydrogen) atoms. The van der Waals surface area contributed by atoms with Gasteiger partial charge in [-0.3, -0.25) is 25.8 Å². The molecule has 2 amide bonds. The van der Waals surface area contributed by atoms with Crippen LogP contribution in [0.5, 0.6) is 5.75 Å². The number of rotatable bonds is 5. The van der Waals surface area contributed by atoms with Crippen molar-refractivity contribution in [3.05, 3.63) is 71.6 Å². The van der Waals surface area contributed by atoms with E-state index in [0.717, 1.165) is 5.56 Å². The summed E-state index contributed by atoms with van der Waals surface area (Å²) in [5.41, 5.74) is 6.46. The SMILES string of the molecule is Cc1ccc(OCC(=O)NNC(=S)NC(=O)/C=C/c2ccc(F)cc2)cc1. The molecule has 2 aromatic carbocycles. The standard InChI is InChI=1S/C19H18FN3O3S/c1-13-2-9-16(10-3-13)26-12-18(25)22-23-19(27)21-17(24)11-6-14-4-7-15(20)8-5-14/h2-11H,12H2,1H3,(H,22,25)(H2,21,23,24,27)/b11-6+. The molecule has 6 nitrogen and oxygen atoms in total. The quantitative estimate of drug-likeness (QED) is 0.417. The van der Waals surface area contributed by atoms with E-state index in [1.165, 1.54) is 36.4 Å². The van der Waals surface area contributed by atoms with Crippen LogP contribution in [0.2, 0.25) is 0 Å². The van der Waals surface area contributed by atoms with Crippen LogP contribution in [0, 0.1) is 12.7 Å². The molecule has 2 rings (SSSR count). The second-order valence-electron chi connectivity index (χ2n) is 5.48. The molecule has 0 fully saturated rings. The lowest BCUT2D eigenvalue weighted by atomic mass is 10.2. The van der Waals surface area contributed by atoms with Crippen LogP contribution < -0.4 is 20.9 Å². The van der Waals surface area contributed by atoms with Crippen LogP contribution in [-0.4, -0.2) is 23.5 Å². The maximum Gasteiger partial charge on any atom is 0.276 e. The summed E-state index contributed by atoms with van der Waals surface area (Å²) in [6.45, 7) is 1.74. The molecule has 0 radical (unpaired) electrons. The fourth-order valence-electron chi connectivity index (χ4n) is 1.88. The largest absolute Gasteiger partial charge is 0.484 e. The number of hydrazine groups is 1. The molecule has 0 saturated heterocycles. The molecule has 0 spiro atoms. The summed E-state index contributed by atoms with van der Waals surface area (Å²) in [6.07, 6.45) is 2.74. The van der Waals surface area contributed by atoms with Gasteiger partial charge in [-0.25, -0.2) is 4.39 Å². The molecule has 0 atom stereocenters. The average molecular weight is 387 g/mol. The first kappa shape index (κ1) is 20.1. The van der Waals surface area contributed by atoms with Crippen LogP contribution >= 0.6 is 12.2 Å². The van der Waals surface area contributed by atoms with Gasteiger partial charge in [-0.15, -0.1) is 0 Å². The Kier molecular flexibility index (Phi) is 7.45. The lowest BCUT2D eigenvalue weighted by Crippen LogP contribution is -2.49. The van der Waals surface area contributed by atoms with E-state index in [4.69, 9.17) is 17.0 Å². The summed E-state index contributed by atoms with van der Waals surface area (Å²) >= 11 is 4.91. The smallest absolute Gasteiger partial charge is 0.276 e. The predicted octanol–water partition coefficient (Wildman–Crippen LogP) is 2.25. The lowest BCUT2D eigenvalue weighted by Gasteiger charge is -2.10. The molecule has 0 heterocycles. The predicted molar refractivity (Wildman–Crippen MR) is 104 cm³/mol. The minimum atomic E-state index is -0.498. The van der Waals surface area contributed by atoms with Crippen molar-refractivity contribution in [1.82, 2.24) is 16.2 Å². The maximum absolute atomic E-state index is 12.8. The zero-order valence-electron chi connectivity index (χ0n) is 14.5. The van der Waals surface area contributed by atoms with Crippen molar-refractivity contribution >= 4 is 35.2 Å². The maximum atomic E-state index is 12.8. The van der Waals surface area contributed by atoms with Crippen molar-refractivity contribution in [3.63, 3.8) is 0 Å². The minimum absolute atomic E-state index is 0.0764. The topological polar surface area (TPSA) is 79.5 Å². The normalized spacial score (nSPS) is 10.3. The summed E-state index contributed by atoms with van der Waals surface area (Å²) in [6, 6.07) is 12.9. The van der Waals surface area contributed by atoms with E-state index in [2.05, 4.69) is 16.2 Å². The summed E-state index contributed by atoms with van der Waals surface area (Å²) in [7, 11) is 0. The van der Waals surface area contributed by atoms with Gasteiger partial charge in [-0.05, 0) is 55.0 Å². The van der Waals surface area contributed by atoms with Crippen LogP contribution in [0.15, 0.2) is 54.6 Å². The van der Waals surface area contributed by atoms with Crippen LogP contribution in [-0.2, 0) is 9.59 Å². The van der Waals surface area contributed by atoms with E-state index < -0.39 is 11.8 Å². The van der Waals surface area contributed by atoms with Crippen LogP contribution in [0.4, 0.5) is 4.39 Å². The Labute approximate surface area is 161 Å². The van der Waals surface area contributed by atoms with E-state index in [9.17, 15) is 14.0 Å². The van der Waals surface area contributed by atoms with Crippen molar-refractivity contribution in [2.75, 3.05) is 6.61 Å². The first-order valence-corrected chi connectivity index (χ1v) is 8.36. The van der Waals surface area contributed by atoms with Crippen molar-refractivity contribution in [2.45, 2.75) is 6.92 Å². The Bertz CT molecular complexity index is 836. The fraction of sp³-hybridized carbons (Fsp3) is 0.105. The molecule has 0 aliphatic carbocycles. The number of amides is 2. The van der Waals surface area contributed by atoms with Gasteiger partial charge in [-0.1, -0.05) is 29.8 Å². The lowest BCUT2D eigenvalue weighted by molar-refractivity contribution is -0.123. The number of benzene rings is 2. The summed E-state index contributed by atoms with van der Waals surface area (Å²) in [5.74, 6) is -0.752. The molecule has 140 valence electrons. The number of carbonyl (C=O) groups is 2. The Hall–Kier alpha value is -3.26. The van der Waals surface area contributed by atoms with Crippen LogP contribution in [0.25, 0.3) is 6.08 Å².